The van der Waals surface area contributed by atoms with Crippen molar-refractivity contribution >= 4 is 34.7 Å². The van der Waals surface area contributed by atoms with Gasteiger partial charge < -0.3 is 9.80 Å². The fourth-order valence-electron chi connectivity index (χ4n) is 7.13. The highest BCUT2D eigenvalue weighted by atomic mass is 19.4. The number of carbonyl (C=O) groups is 1. The molecule has 1 fully saturated rings. The average Bonchev–Trinajstić information content (AvgIpc) is 3.74. The van der Waals surface area contributed by atoms with Gasteiger partial charge in [-0.05, 0) is 83.9 Å². The Morgan fingerprint density at radius 3 is 2.12 bits per heavy atom. The van der Waals surface area contributed by atoms with Crippen molar-refractivity contribution in [1.82, 2.24) is 19.6 Å². The van der Waals surface area contributed by atoms with Crippen molar-refractivity contribution in [3.05, 3.63) is 119 Å². The number of anilines is 2. The lowest BCUT2D eigenvalue weighted by Crippen LogP contribution is -2.32. The summed E-state index contributed by atoms with van der Waals surface area (Å²) in [5.74, 6) is -0.413. The van der Waals surface area contributed by atoms with Gasteiger partial charge in [-0.25, -0.2) is 14.5 Å². The summed E-state index contributed by atoms with van der Waals surface area (Å²) in [7, 11) is 7.92. The first-order valence-electron chi connectivity index (χ1n) is 17.5. The Hall–Kier alpha value is -5.45. The van der Waals surface area contributed by atoms with E-state index >= 15 is 0 Å². The fraction of sp³-hybridized carbons (Fsp3) is 0.317. The Balaban J connectivity index is 1.31. The lowest BCUT2D eigenvalue weighted by molar-refractivity contribution is -0.142. The van der Waals surface area contributed by atoms with E-state index in [2.05, 4.69) is 54.3 Å². The van der Waals surface area contributed by atoms with Crippen molar-refractivity contribution < 1.29 is 18.0 Å². The van der Waals surface area contributed by atoms with Crippen molar-refractivity contribution in [3.63, 3.8) is 0 Å². The number of carbonyl (C=O) groups excluding carboxylic acids is 1. The van der Waals surface area contributed by atoms with E-state index in [1.165, 1.54) is 11.1 Å². The molecule has 7 rings (SSSR count). The Morgan fingerprint density at radius 2 is 1.52 bits per heavy atom. The number of amides is 1. The molecule has 0 radical (unpaired) electrons. The lowest BCUT2D eigenvalue weighted by Gasteiger charge is -2.29. The van der Waals surface area contributed by atoms with E-state index in [0.717, 1.165) is 69.2 Å². The summed E-state index contributed by atoms with van der Waals surface area (Å²) in [6, 6.07) is 25.4. The van der Waals surface area contributed by atoms with Crippen LogP contribution in [0.25, 0.3) is 23.0 Å². The largest absolute Gasteiger partial charge is 0.433 e. The summed E-state index contributed by atoms with van der Waals surface area (Å²) in [4.78, 5) is 23.1. The van der Waals surface area contributed by atoms with Gasteiger partial charge in [0.15, 0.2) is 17.0 Å². The summed E-state index contributed by atoms with van der Waals surface area (Å²) in [5.41, 5.74) is 6.40. The third-order valence-corrected chi connectivity index (χ3v) is 10.0. The molecule has 5 aromatic rings. The number of alkyl halides is 3. The highest BCUT2D eigenvalue weighted by Crippen LogP contribution is 2.45. The quantitative estimate of drug-likeness (QED) is 0.169. The van der Waals surface area contributed by atoms with Crippen LogP contribution in [0.1, 0.15) is 77.9 Å². The predicted molar refractivity (Wildman–Crippen MR) is 201 cm³/mol. The van der Waals surface area contributed by atoms with Gasteiger partial charge in [0.1, 0.15) is 0 Å². The number of hydrogen-bond donors (Lipinski definition) is 0. The number of benzene rings is 3. The summed E-state index contributed by atoms with van der Waals surface area (Å²) in [6.45, 7) is 4.10. The highest BCUT2D eigenvalue weighted by Gasteiger charge is 2.45. The molecule has 8 nitrogen and oxygen atoms in total. The average molecular weight is 706 g/mol. The monoisotopic (exact) mass is 705 g/mol. The third kappa shape index (κ3) is 6.67. The van der Waals surface area contributed by atoms with E-state index in [0.29, 0.717) is 5.56 Å². The zero-order chi connectivity index (χ0) is 36.9. The number of hydrazone groups is 1. The van der Waals surface area contributed by atoms with E-state index < -0.39 is 23.8 Å². The first kappa shape index (κ1) is 35.0. The second kappa shape index (κ2) is 13.6. The maximum Gasteiger partial charge on any atom is 0.433 e. The molecule has 0 unspecified atom stereocenters. The topological polar surface area (TPSA) is 69.3 Å². The molecule has 268 valence electrons. The van der Waals surface area contributed by atoms with Crippen LogP contribution in [0.2, 0.25) is 0 Å². The number of halogens is 3. The molecule has 0 saturated heterocycles. The fourth-order valence-corrected chi connectivity index (χ4v) is 7.13. The normalized spacial score (nSPS) is 18.2. The van der Waals surface area contributed by atoms with Crippen molar-refractivity contribution in [2.45, 2.75) is 51.2 Å². The number of rotatable bonds is 7. The Labute approximate surface area is 301 Å². The van der Waals surface area contributed by atoms with Crippen molar-refractivity contribution in [2.24, 2.45) is 11.0 Å². The maximum absolute atomic E-state index is 14.5. The minimum atomic E-state index is -4.75. The van der Waals surface area contributed by atoms with Crippen LogP contribution in [0.5, 0.6) is 0 Å². The third-order valence-electron chi connectivity index (χ3n) is 10.0. The predicted octanol–water partition coefficient (Wildman–Crippen LogP) is 9.11. The van der Waals surface area contributed by atoms with Gasteiger partial charge >= 0.3 is 6.18 Å². The van der Waals surface area contributed by atoms with Crippen LogP contribution in [0.4, 0.5) is 24.5 Å². The van der Waals surface area contributed by atoms with E-state index in [1.807, 2.05) is 74.4 Å². The second-order valence-electron chi connectivity index (χ2n) is 14.3. The van der Waals surface area contributed by atoms with Crippen LogP contribution in [0.15, 0.2) is 95.6 Å². The molecule has 1 aliphatic carbocycles. The molecule has 2 aliphatic rings. The molecular weight excluding hydrogens is 663 g/mol. The summed E-state index contributed by atoms with van der Waals surface area (Å²) in [6.07, 6.45) is -0.0983. The van der Waals surface area contributed by atoms with Crippen molar-refractivity contribution in [3.8, 4) is 11.3 Å². The molecule has 2 atom stereocenters. The molecular formula is C41H42F3N7O. The first-order chi connectivity index (χ1) is 24.8. The second-order valence-corrected chi connectivity index (χ2v) is 14.3. The molecule has 0 N–H and O–H groups in total. The van der Waals surface area contributed by atoms with Gasteiger partial charge in [-0.1, -0.05) is 62.4 Å². The van der Waals surface area contributed by atoms with Crippen molar-refractivity contribution in [2.75, 3.05) is 38.0 Å². The Kier molecular flexibility index (Phi) is 9.14. The van der Waals surface area contributed by atoms with Gasteiger partial charge in [-0.3, -0.25) is 4.79 Å². The Morgan fingerprint density at radius 1 is 0.885 bits per heavy atom. The number of fused-ring (bicyclic) bond motifs is 2. The molecule has 1 amide bonds. The minimum Gasteiger partial charge on any atom is -0.378 e. The number of nitrogens with zero attached hydrogens (tertiary/aromatic N) is 7. The van der Waals surface area contributed by atoms with Gasteiger partial charge in [0.25, 0.3) is 5.91 Å². The van der Waals surface area contributed by atoms with Crippen LogP contribution in [-0.2, 0) is 6.18 Å². The number of hydrogen-bond acceptors (Lipinski definition) is 6. The lowest BCUT2D eigenvalue weighted by atomic mass is 9.77. The van der Waals surface area contributed by atoms with Crippen LogP contribution in [0, 0.1) is 5.92 Å². The molecule has 2 aromatic heterocycles. The van der Waals surface area contributed by atoms with Gasteiger partial charge in [0, 0.05) is 57.1 Å². The molecule has 1 aliphatic heterocycles. The zero-order valence-corrected chi connectivity index (χ0v) is 30.2. The highest BCUT2D eigenvalue weighted by molar-refractivity contribution is 6.09. The number of aromatic nitrogens is 3. The summed E-state index contributed by atoms with van der Waals surface area (Å²) in [5, 5.41) is 10.6. The smallest absolute Gasteiger partial charge is 0.378 e. The number of allylic oxidation sites excluding steroid dienone is 1. The molecule has 3 aromatic carbocycles. The Bertz CT molecular complexity index is 2160. The van der Waals surface area contributed by atoms with Crippen LogP contribution < -0.4 is 9.80 Å². The van der Waals surface area contributed by atoms with Crippen LogP contribution in [0.3, 0.4) is 0 Å². The molecule has 0 bridgehead atoms. The van der Waals surface area contributed by atoms with Crippen molar-refractivity contribution in [1.29, 1.82) is 0 Å². The summed E-state index contributed by atoms with van der Waals surface area (Å²) >= 11 is 0. The zero-order valence-electron chi connectivity index (χ0n) is 30.2. The van der Waals surface area contributed by atoms with Gasteiger partial charge in [0.05, 0.1) is 17.4 Å². The summed E-state index contributed by atoms with van der Waals surface area (Å²) < 4.78 is 44.3. The molecule has 52 heavy (non-hydrogen) atoms. The standard InChI is InChI=1S/C41H42F3N7O/c1-25(2)27-12-14-28(15-13-27)34-23-36(41(42,43)44)50-37(45-34)24-35(46-50)40(52)51-39(29-16-20-32(21-17-29)49(5)6)33-9-7-8-30(38(33)47-51)22-26-10-18-31(19-11-26)48(3)4/h10-25,33,39H,7-9H2,1-6H3/b30-22-/t33-,39+/m0/s1. The van der Waals surface area contributed by atoms with E-state index in [4.69, 9.17) is 5.10 Å². The minimum absolute atomic E-state index is 0.0704. The molecule has 11 heteroatoms. The van der Waals surface area contributed by atoms with Crippen LogP contribution >= 0.6 is 0 Å². The molecule has 0 spiro atoms. The molecule has 1 saturated carbocycles. The van der Waals surface area contributed by atoms with Crippen LogP contribution in [-0.4, -0.2) is 59.4 Å². The van der Waals surface area contributed by atoms with Gasteiger partial charge in [0.2, 0.25) is 0 Å². The molecule has 3 heterocycles. The van der Waals surface area contributed by atoms with Gasteiger partial charge in [-0.15, -0.1) is 0 Å². The maximum atomic E-state index is 14.5. The van der Waals surface area contributed by atoms with E-state index in [-0.39, 0.29) is 28.9 Å². The first-order valence-corrected chi connectivity index (χ1v) is 17.5. The SMILES string of the molecule is CC(C)c1ccc(-c2cc(C(F)(F)F)n3nc(C(=O)N4N=C5/C(=C\c6ccc(N(C)C)cc6)CCC[C@@H]5[C@H]4c4ccc(N(C)C)cc4)cc3n2)cc1. The van der Waals surface area contributed by atoms with E-state index in [9.17, 15) is 18.0 Å². The van der Waals surface area contributed by atoms with E-state index in [1.54, 1.807) is 12.1 Å². The van der Waals surface area contributed by atoms with Gasteiger partial charge in [-0.2, -0.15) is 23.4 Å².